The summed E-state index contributed by atoms with van der Waals surface area (Å²) in [4.78, 5) is 16.4. The van der Waals surface area contributed by atoms with Gasteiger partial charge in [0.25, 0.3) is 0 Å². The number of benzene rings is 2. The Bertz CT molecular complexity index is 1300. The molecule has 2 aromatic carbocycles. The van der Waals surface area contributed by atoms with Gasteiger partial charge in [-0.15, -0.1) is 0 Å². The number of hydrogen-bond donors (Lipinski definition) is 2. The van der Waals surface area contributed by atoms with Crippen molar-refractivity contribution in [1.82, 2.24) is 14.1 Å². The van der Waals surface area contributed by atoms with Crippen LogP contribution in [-0.4, -0.2) is 100 Å². The van der Waals surface area contributed by atoms with Gasteiger partial charge in [0.15, 0.2) is 0 Å². The molecule has 0 saturated carbocycles. The minimum Gasteiger partial charge on any atom is -0.497 e. The van der Waals surface area contributed by atoms with Crippen molar-refractivity contribution in [2.75, 3.05) is 59.8 Å². The maximum atomic E-state index is 13.6. The van der Waals surface area contributed by atoms with Crippen LogP contribution in [0.1, 0.15) is 19.4 Å². The molecule has 39 heavy (non-hydrogen) atoms. The zero-order valence-electron chi connectivity index (χ0n) is 23.3. The number of nitrogens with zero attached hydrogens (tertiary/aromatic N) is 3. The van der Waals surface area contributed by atoms with E-state index in [9.17, 15) is 18.3 Å². The SMILES string of the molecule is COc1ccc(NC(=O)N(C)C[C@H]2Oc3cc(C#CCN(C)C)ccc3S(=O)(=O)N([C@@H](C)CO)C[C@H]2C)cc1. The first-order valence-electron chi connectivity index (χ1n) is 12.7. The first-order valence-corrected chi connectivity index (χ1v) is 14.1. The van der Waals surface area contributed by atoms with Crippen LogP contribution in [0.2, 0.25) is 0 Å². The number of rotatable bonds is 7. The van der Waals surface area contributed by atoms with Crippen LogP contribution in [0, 0.1) is 17.8 Å². The van der Waals surface area contributed by atoms with Gasteiger partial charge >= 0.3 is 6.03 Å². The van der Waals surface area contributed by atoms with Crippen molar-refractivity contribution in [1.29, 1.82) is 0 Å². The minimum atomic E-state index is -3.96. The molecule has 0 spiro atoms. The Balaban J connectivity index is 1.92. The molecule has 1 aliphatic rings. The predicted molar refractivity (Wildman–Crippen MR) is 151 cm³/mol. The molecule has 3 atom stereocenters. The number of hydrogen-bond acceptors (Lipinski definition) is 7. The number of fused-ring (bicyclic) bond motifs is 1. The lowest BCUT2D eigenvalue weighted by atomic mass is 10.0. The molecule has 10 nitrogen and oxygen atoms in total. The molecule has 0 radical (unpaired) electrons. The van der Waals surface area contributed by atoms with Crippen LogP contribution in [0.4, 0.5) is 10.5 Å². The van der Waals surface area contributed by atoms with Crippen molar-refractivity contribution in [3.63, 3.8) is 0 Å². The number of sulfonamides is 1. The molecular weight excluding hydrogens is 520 g/mol. The van der Waals surface area contributed by atoms with Crippen LogP contribution in [0.25, 0.3) is 0 Å². The highest BCUT2D eigenvalue weighted by molar-refractivity contribution is 7.89. The third-order valence-electron chi connectivity index (χ3n) is 6.44. The summed E-state index contributed by atoms with van der Waals surface area (Å²) in [6, 6.07) is 10.8. The summed E-state index contributed by atoms with van der Waals surface area (Å²) >= 11 is 0. The summed E-state index contributed by atoms with van der Waals surface area (Å²) in [5.74, 6) is 6.64. The Morgan fingerprint density at radius 3 is 2.54 bits per heavy atom. The van der Waals surface area contributed by atoms with Gasteiger partial charge in [0.05, 0.1) is 26.8 Å². The molecule has 1 heterocycles. The monoisotopic (exact) mass is 558 g/mol. The molecule has 2 aromatic rings. The molecule has 0 aliphatic carbocycles. The maximum Gasteiger partial charge on any atom is 0.321 e. The number of carbonyl (C=O) groups excluding carboxylic acids is 1. The number of aliphatic hydroxyl groups excluding tert-OH is 1. The van der Waals surface area contributed by atoms with Gasteiger partial charge in [-0.2, -0.15) is 4.31 Å². The van der Waals surface area contributed by atoms with Gasteiger partial charge in [-0.1, -0.05) is 18.8 Å². The molecule has 0 fully saturated rings. The fraction of sp³-hybridized carbons (Fsp3) is 0.464. The molecule has 3 rings (SSSR count). The molecule has 0 aromatic heterocycles. The number of ether oxygens (including phenoxy) is 2. The Labute approximate surface area is 231 Å². The highest BCUT2D eigenvalue weighted by Crippen LogP contribution is 2.34. The highest BCUT2D eigenvalue weighted by Gasteiger charge is 2.38. The zero-order valence-corrected chi connectivity index (χ0v) is 24.2. The average Bonchev–Trinajstić information content (AvgIpc) is 2.90. The predicted octanol–water partition coefficient (Wildman–Crippen LogP) is 2.54. The average molecular weight is 559 g/mol. The normalized spacial score (nSPS) is 19.4. The lowest BCUT2D eigenvalue weighted by Gasteiger charge is -2.37. The summed E-state index contributed by atoms with van der Waals surface area (Å²) < 4.78 is 40.1. The van der Waals surface area contributed by atoms with Crippen molar-refractivity contribution in [2.24, 2.45) is 5.92 Å². The van der Waals surface area contributed by atoms with Crippen molar-refractivity contribution in [3.05, 3.63) is 48.0 Å². The first-order chi connectivity index (χ1) is 18.5. The molecule has 2 N–H and O–H groups in total. The lowest BCUT2D eigenvalue weighted by Crippen LogP contribution is -2.50. The Morgan fingerprint density at radius 1 is 1.23 bits per heavy atom. The van der Waals surface area contributed by atoms with Crippen LogP contribution < -0.4 is 14.8 Å². The third-order valence-corrected chi connectivity index (χ3v) is 8.46. The van der Waals surface area contributed by atoms with E-state index in [1.807, 2.05) is 25.9 Å². The largest absolute Gasteiger partial charge is 0.497 e. The van der Waals surface area contributed by atoms with E-state index in [0.29, 0.717) is 23.5 Å². The van der Waals surface area contributed by atoms with E-state index >= 15 is 0 Å². The Kier molecular flexibility index (Phi) is 10.2. The molecule has 1 aliphatic heterocycles. The van der Waals surface area contributed by atoms with Crippen molar-refractivity contribution >= 4 is 21.7 Å². The van der Waals surface area contributed by atoms with Gasteiger partial charge in [-0.3, -0.25) is 4.90 Å². The smallest absolute Gasteiger partial charge is 0.321 e. The zero-order chi connectivity index (χ0) is 28.7. The lowest BCUT2D eigenvalue weighted by molar-refractivity contribution is 0.0830. The number of anilines is 1. The van der Waals surface area contributed by atoms with Crippen molar-refractivity contribution < 1.29 is 27.8 Å². The van der Waals surface area contributed by atoms with Crippen molar-refractivity contribution in [2.45, 2.75) is 30.9 Å². The van der Waals surface area contributed by atoms with E-state index in [1.165, 1.54) is 15.3 Å². The van der Waals surface area contributed by atoms with Crippen LogP contribution in [0.5, 0.6) is 11.5 Å². The Morgan fingerprint density at radius 2 is 1.92 bits per heavy atom. The fourth-order valence-corrected chi connectivity index (χ4v) is 5.89. The highest BCUT2D eigenvalue weighted by atomic mass is 32.2. The van der Waals surface area contributed by atoms with Crippen LogP contribution in [0.15, 0.2) is 47.4 Å². The van der Waals surface area contributed by atoms with E-state index < -0.39 is 22.2 Å². The number of urea groups is 1. The van der Waals surface area contributed by atoms with Gasteiger partial charge in [-0.25, -0.2) is 13.2 Å². The molecule has 0 unspecified atom stereocenters. The number of methoxy groups -OCH3 is 1. The fourth-order valence-electron chi connectivity index (χ4n) is 4.07. The summed E-state index contributed by atoms with van der Waals surface area (Å²) in [5.41, 5.74) is 1.23. The molecular formula is C28H38N4O6S. The van der Waals surface area contributed by atoms with Gasteiger partial charge < -0.3 is 24.8 Å². The van der Waals surface area contributed by atoms with Crippen LogP contribution >= 0.6 is 0 Å². The van der Waals surface area contributed by atoms with Gasteiger partial charge in [0.1, 0.15) is 22.5 Å². The van der Waals surface area contributed by atoms with Gasteiger partial charge in [0.2, 0.25) is 10.0 Å². The standard InChI is InChI=1S/C28H38N4O6S/c1-20-17-32(21(2)19-33)39(35,36)27-14-9-22(8-7-15-30(3)4)16-25(27)38-26(20)18-31(5)28(34)29-23-10-12-24(37-6)13-11-23/h9-14,16,20-21,26,33H,15,17-19H2,1-6H3,(H,29,34)/t20-,21+,26-/m1/s1. The van der Waals surface area contributed by atoms with E-state index in [1.54, 1.807) is 57.5 Å². The summed E-state index contributed by atoms with van der Waals surface area (Å²) in [7, 11) is 3.09. The first kappa shape index (κ1) is 30.2. The number of carbonyl (C=O) groups is 1. The maximum absolute atomic E-state index is 13.6. The molecule has 212 valence electrons. The quantitative estimate of drug-likeness (QED) is 0.503. The van der Waals surface area contributed by atoms with Gasteiger partial charge in [0, 0.05) is 36.8 Å². The second-order valence-electron chi connectivity index (χ2n) is 9.98. The Hall–Kier alpha value is -3.30. The van der Waals surface area contributed by atoms with Crippen molar-refractivity contribution in [3.8, 4) is 23.3 Å². The molecule has 2 amide bonds. The molecule has 0 saturated heterocycles. The summed E-state index contributed by atoms with van der Waals surface area (Å²) in [5, 5.41) is 12.7. The minimum absolute atomic E-state index is 0.00296. The summed E-state index contributed by atoms with van der Waals surface area (Å²) in [6.07, 6.45) is -0.538. The topological polar surface area (TPSA) is 112 Å². The van der Waals surface area contributed by atoms with E-state index in [2.05, 4.69) is 17.2 Å². The second-order valence-corrected chi connectivity index (χ2v) is 11.8. The third kappa shape index (κ3) is 7.64. The van der Waals surface area contributed by atoms with E-state index in [-0.39, 0.29) is 42.3 Å². The molecule has 11 heteroatoms. The van der Waals surface area contributed by atoms with E-state index in [4.69, 9.17) is 9.47 Å². The van der Waals surface area contributed by atoms with Crippen LogP contribution in [-0.2, 0) is 10.0 Å². The molecule has 0 bridgehead atoms. The number of amides is 2. The van der Waals surface area contributed by atoms with E-state index in [0.717, 1.165) is 0 Å². The summed E-state index contributed by atoms with van der Waals surface area (Å²) in [6.45, 7) is 4.07. The number of likely N-dealkylation sites (N-methyl/N-ethyl adjacent to an activating group) is 1. The number of nitrogens with one attached hydrogen (secondary N) is 1. The van der Waals surface area contributed by atoms with Crippen LogP contribution in [0.3, 0.4) is 0 Å². The second kappa shape index (κ2) is 13.2. The number of aliphatic hydroxyl groups is 1. The van der Waals surface area contributed by atoms with Gasteiger partial charge in [-0.05, 0) is 63.5 Å².